The van der Waals surface area contributed by atoms with Gasteiger partial charge in [0.05, 0.1) is 11.7 Å². The molecule has 0 aliphatic heterocycles. The van der Waals surface area contributed by atoms with Gasteiger partial charge in [0.1, 0.15) is 0 Å². The number of hydrogen-bond acceptors (Lipinski definition) is 3. The molecule has 0 aliphatic rings. The number of halogens is 4. The van der Waals surface area contributed by atoms with E-state index in [2.05, 4.69) is 10.4 Å². The third kappa shape index (κ3) is 4.97. The maximum absolute atomic E-state index is 12.5. The van der Waals surface area contributed by atoms with Crippen LogP contribution in [-0.2, 0) is 17.5 Å². The number of amides is 1. The first kappa shape index (κ1) is 19.0. The summed E-state index contributed by atoms with van der Waals surface area (Å²) < 4.78 is 38.6. The van der Waals surface area contributed by atoms with Crippen LogP contribution in [0, 0.1) is 0 Å². The van der Waals surface area contributed by atoms with E-state index in [1.165, 1.54) is 6.20 Å². The molecular weight excluding hydrogens is 333 g/mol. The molecule has 0 bridgehead atoms. The second-order valence-corrected chi connectivity index (χ2v) is 4.82. The Balaban J connectivity index is 0.00000264. The number of benzene rings is 1. The monoisotopic (exact) mass is 348 g/mol. The lowest BCUT2D eigenvalue weighted by Gasteiger charge is -2.08. The molecule has 1 heterocycles. The topological polar surface area (TPSA) is 72.9 Å². The fourth-order valence-electron chi connectivity index (χ4n) is 1.74. The number of aromatic nitrogens is 2. The number of hydrogen-bond donors (Lipinski definition) is 2. The molecule has 0 radical (unpaired) electrons. The average molecular weight is 349 g/mol. The van der Waals surface area contributed by atoms with Gasteiger partial charge in [-0.05, 0) is 30.7 Å². The zero-order valence-electron chi connectivity index (χ0n) is 12.2. The van der Waals surface area contributed by atoms with Crippen molar-refractivity contribution in [3.05, 3.63) is 47.8 Å². The van der Waals surface area contributed by atoms with Gasteiger partial charge in [0, 0.05) is 12.7 Å². The Morgan fingerprint density at radius 1 is 1.30 bits per heavy atom. The van der Waals surface area contributed by atoms with E-state index in [1.807, 2.05) is 0 Å². The van der Waals surface area contributed by atoms with E-state index in [4.69, 9.17) is 5.73 Å². The van der Waals surface area contributed by atoms with Crippen molar-refractivity contribution in [3.8, 4) is 5.69 Å². The molecule has 0 saturated carbocycles. The molecule has 1 aromatic carbocycles. The summed E-state index contributed by atoms with van der Waals surface area (Å²) in [6, 6.07) is 6.97. The highest BCUT2D eigenvalue weighted by Crippen LogP contribution is 2.27. The van der Waals surface area contributed by atoms with Gasteiger partial charge in [-0.25, -0.2) is 4.68 Å². The zero-order valence-corrected chi connectivity index (χ0v) is 13.0. The Bertz CT molecular complexity index is 653. The molecule has 0 aliphatic carbocycles. The van der Waals surface area contributed by atoms with Crippen molar-refractivity contribution < 1.29 is 18.0 Å². The van der Waals surface area contributed by atoms with Crippen LogP contribution in [0.3, 0.4) is 0 Å². The summed E-state index contributed by atoms with van der Waals surface area (Å²) in [5, 5.41) is 6.13. The van der Waals surface area contributed by atoms with Gasteiger partial charge in [0.25, 0.3) is 0 Å². The van der Waals surface area contributed by atoms with Crippen LogP contribution in [0.2, 0.25) is 0 Å². The van der Waals surface area contributed by atoms with Crippen molar-refractivity contribution in [2.24, 2.45) is 5.73 Å². The highest BCUT2D eigenvalue weighted by Gasteiger charge is 2.33. The van der Waals surface area contributed by atoms with E-state index >= 15 is 0 Å². The van der Waals surface area contributed by atoms with Gasteiger partial charge in [-0.15, -0.1) is 12.4 Å². The van der Waals surface area contributed by atoms with Crippen molar-refractivity contribution >= 4 is 18.3 Å². The zero-order chi connectivity index (χ0) is 16.3. The number of carbonyl (C=O) groups is 1. The summed E-state index contributed by atoms with van der Waals surface area (Å²) in [6.45, 7) is 1.88. The van der Waals surface area contributed by atoms with Crippen molar-refractivity contribution in [1.29, 1.82) is 0 Å². The average Bonchev–Trinajstić information content (AvgIpc) is 2.95. The van der Waals surface area contributed by atoms with Gasteiger partial charge < -0.3 is 11.1 Å². The minimum Gasteiger partial charge on any atom is -0.351 e. The number of carbonyl (C=O) groups excluding carboxylic acids is 1. The van der Waals surface area contributed by atoms with Crippen LogP contribution in [0.5, 0.6) is 0 Å². The first-order valence-corrected chi connectivity index (χ1v) is 6.53. The van der Waals surface area contributed by atoms with E-state index < -0.39 is 17.9 Å². The van der Waals surface area contributed by atoms with E-state index in [0.29, 0.717) is 12.2 Å². The Morgan fingerprint density at radius 2 is 1.91 bits per heavy atom. The highest BCUT2D eigenvalue weighted by molar-refractivity contribution is 5.85. The normalized spacial score (nSPS) is 12.4. The molecule has 2 rings (SSSR count). The van der Waals surface area contributed by atoms with E-state index in [-0.39, 0.29) is 18.3 Å². The quantitative estimate of drug-likeness (QED) is 0.890. The number of nitrogens with zero attached hydrogens (tertiary/aromatic N) is 2. The summed E-state index contributed by atoms with van der Waals surface area (Å²) in [7, 11) is 0. The summed E-state index contributed by atoms with van der Waals surface area (Å²) in [4.78, 5) is 11.3. The smallest absolute Gasteiger partial charge is 0.351 e. The van der Waals surface area contributed by atoms with Gasteiger partial charge in [0.2, 0.25) is 5.91 Å². The van der Waals surface area contributed by atoms with Gasteiger partial charge in [-0.2, -0.15) is 18.3 Å². The lowest BCUT2D eigenvalue weighted by molar-refractivity contribution is -0.141. The molecule has 9 heteroatoms. The number of nitrogens with one attached hydrogen (secondary N) is 1. The fraction of sp³-hybridized carbons (Fsp3) is 0.286. The third-order valence-electron chi connectivity index (χ3n) is 2.96. The number of nitrogens with two attached hydrogens (primary N) is 1. The number of rotatable bonds is 4. The van der Waals surface area contributed by atoms with E-state index in [1.54, 1.807) is 31.2 Å². The Hall–Kier alpha value is -2.06. The van der Waals surface area contributed by atoms with E-state index in [9.17, 15) is 18.0 Å². The van der Waals surface area contributed by atoms with Gasteiger partial charge >= 0.3 is 6.18 Å². The van der Waals surface area contributed by atoms with Crippen LogP contribution < -0.4 is 11.1 Å². The standard InChI is InChI=1S/C14H15F3N4O.ClH/c1-9(18)13(22)19-8-10-2-4-11(5-3-10)21-7-6-12(20-21)14(15,16)17;/h2-7,9H,8,18H2,1H3,(H,19,22);1H/t9-;/m0./s1. The maximum Gasteiger partial charge on any atom is 0.435 e. The maximum atomic E-state index is 12.5. The fourth-order valence-corrected chi connectivity index (χ4v) is 1.74. The Morgan fingerprint density at radius 3 is 2.39 bits per heavy atom. The molecule has 126 valence electrons. The van der Waals surface area contributed by atoms with Crippen LogP contribution in [0.1, 0.15) is 18.2 Å². The number of alkyl halides is 3. The summed E-state index contributed by atoms with van der Waals surface area (Å²) >= 11 is 0. The molecule has 0 unspecified atom stereocenters. The van der Waals surface area contributed by atoms with E-state index in [0.717, 1.165) is 16.3 Å². The largest absolute Gasteiger partial charge is 0.435 e. The highest BCUT2D eigenvalue weighted by atomic mass is 35.5. The van der Waals surface area contributed by atoms with Gasteiger partial charge in [-0.3, -0.25) is 4.79 Å². The lowest BCUT2D eigenvalue weighted by Crippen LogP contribution is -2.37. The van der Waals surface area contributed by atoms with Crippen molar-refractivity contribution in [2.75, 3.05) is 0 Å². The van der Waals surface area contributed by atoms with Gasteiger partial charge in [0.15, 0.2) is 5.69 Å². The first-order valence-electron chi connectivity index (χ1n) is 6.53. The molecule has 1 aromatic heterocycles. The molecule has 3 N–H and O–H groups in total. The molecule has 0 fully saturated rings. The summed E-state index contributed by atoms with van der Waals surface area (Å²) in [6.07, 6.45) is -3.22. The molecule has 0 spiro atoms. The molecule has 2 aromatic rings. The second kappa shape index (κ2) is 7.47. The molecule has 1 atom stereocenters. The Labute approximate surface area is 137 Å². The van der Waals surface area contributed by atoms with Crippen LogP contribution in [0.15, 0.2) is 36.5 Å². The van der Waals surface area contributed by atoms with Crippen LogP contribution in [0.25, 0.3) is 5.69 Å². The second-order valence-electron chi connectivity index (χ2n) is 4.82. The summed E-state index contributed by atoms with van der Waals surface area (Å²) in [5.74, 6) is -0.272. The van der Waals surface area contributed by atoms with Crippen molar-refractivity contribution in [2.45, 2.75) is 25.7 Å². The molecule has 1 amide bonds. The SMILES string of the molecule is C[C@H](N)C(=O)NCc1ccc(-n2ccc(C(F)(F)F)n2)cc1.Cl. The predicted molar refractivity (Wildman–Crippen MR) is 81.3 cm³/mol. The minimum absolute atomic E-state index is 0. The predicted octanol–water partition coefficient (Wildman–Crippen LogP) is 2.28. The van der Waals surface area contributed by atoms with Crippen LogP contribution in [0.4, 0.5) is 13.2 Å². The van der Waals surface area contributed by atoms with Crippen molar-refractivity contribution in [3.63, 3.8) is 0 Å². The van der Waals surface area contributed by atoms with Gasteiger partial charge in [-0.1, -0.05) is 12.1 Å². The lowest BCUT2D eigenvalue weighted by atomic mass is 10.2. The van der Waals surface area contributed by atoms with Crippen molar-refractivity contribution in [1.82, 2.24) is 15.1 Å². The summed E-state index contributed by atoms with van der Waals surface area (Å²) in [5.41, 5.74) is 5.78. The Kier molecular flexibility index (Phi) is 6.17. The minimum atomic E-state index is -4.46. The molecular formula is C14H16ClF3N4O. The third-order valence-corrected chi connectivity index (χ3v) is 2.96. The molecule has 5 nitrogen and oxygen atoms in total. The first-order chi connectivity index (χ1) is 10.3. The van der Waals surface area contributed by atoms with Crippen LogP contribution >= 0.6 is 12.4 Å². The molecule has 0 saturated heterocycles. The van der Waals surface area contributed by atoms with Crippen LogP contribution in [-0.4, -0.2) is 21.7 Å². The molecule has 23 heavy (non-hydrogen) atoms.